The van der Waals surface area contributed by atoms with Gasteiger partial charge in [-0.05, 0) is 0 Å². The van der Waals surface area contributed by atoms with Crippen LogP contribution in [0.3, 0.4) is 0 Å². The summed E-state index contributed by atoms with van der Waals surface area (Å²) in [5, 5.41) is 2.48. The number of nitrogens with two attached hydrogens (primary N) is 1. The minimum absolute atomic E-state index is 0.887. The summed E-state index contributed by atoms with van der Waals surface area (Å²) >= 11 is 0. The van der Waals surface area contributed by atoms with Crippen LogP contribution in [0.25, 0.3) is 0 Å². The van der Waals surface area contributed by atoms with Crippen molar-refractivity contribution in [2.75, 3.05) is 6.54 Å². The standard InChI is InChI=1S/C7H15N/c1-6(2)7-4-3-5-8-7/h6-8H,3-5H2,1-2H3/p+1/t7-/m0/s1. The second kappa shape index (κ2) is 2.49. The molecule has 1 aliphatic heterocycles. The zero-order valence-corrected chi connectivity index (χ0v) is 5.85. The summed E-state index contributed by atoms with van der Waals surface area (Å²) in [6.45, 7) is 5.99. The highest BCUT2D eigenvalue weighted by Crippen LogP contribution is 2.06. The first-order chi connectivity index (χ1) is 3.80. The molecule has 0 spiro atoms. The molecule has 0 radical (unpaired) electrons. The summed E-state index contributed by atoms with van der Waals surface area (Å²) in [5.41, 5.74) is 0. The largest absolute Gasteiger partial charge is 0.344 e. The van der Waals surface area contributed by atoms with E-state index in [9.17, 15) is 0 Å². The van der Waals surface area contributed by atoms with Crippen LogP contribution >= 0.6 is 0 Å². The van der Waals surface area contributed by atoms with E-state index in [1.807, 2.05) is 0 Å². The summed E-state index contributed by atoms with van der Waals surface area (Å²) in [6, 6.07) is 0.940. The van der Waals surface area contributed by atoms with E-state index in [4.69, 9.17) is 0 Å². The minimum Gasteiger partial charge on any atom is -0.344 e. The molecule has 8 heavy (non-hydrogen) atoms. The second-order valence-electron chi connectivity index (χ2n) is 3.07. The van der Waals surface area contributed by atoms with Crippen LogP contribution in [0, 0.1) is 5.92 Å². The van der Waals surface area contributed by atoms with Gasteiger partial charge in [-0.2, -0.15) is 0 Å². The van der Waals surface area contributed by atoms with Crippen molar-refractivity contribution in [3.8, 4) is 0 Å². The van der Waals surface area contributed by atoms with E-state index < -0.39 is 0 Å². The van der Waals surface area contributed by atoms with Gasteiger partial charge in [-0.3, -0.25) is 0 Å². The van der Waals surface area contributed by atoms with Gasteiger partial charge >= 0.3 is 0 Å². The maximum Gasteiger partial charge on any atom is 0.0884 e. The van der Waals surface area contributed by atoms with E-state index in [-0.39, 0.29) is 0 Å². The maximum atomic E-state index is 2.48. The van der Waals surface area contributed by atoms with E-state index in [0.29, 0.717) is 0 Å². The molecule has 0 aliphatic carbocycles. The van der Waals surface area contributed by atoms with Crippen molar-refractivity contribution in [3.05, 3.63) is 0 Å². The van der Waals surface area contributed by atoms with Gasteiger partial charge < -0.3 is 5.32 Å². The quantitative estimate of drug-likeness (QED) is 0.507. The van der Waals surface area contributed by atoms with Crippen molar-refractivity contribution in [1.82, 2.24) is 0 Å². The molecule has 1 rings (SSSR count). The van der Waals surface area contributed by atoms with Crippen LogP contribution in [0.5, 0.6) is 0 Å². The van der Waals surface area contributed by atoms with Gasteiger partial charge in [-0.25, -0.2) is 0 Å². The maximum absolute atomic E-state index is 2.48. The molecule has 48 valence electrons. The molecule has 0 amide bonds. The average molecular weight is 114 g/mol. The summed E-state index contributed by atoms with van der Waals surface area (Å²) in [6.07, 6.45) is 2.88. The zero-order valence-electron chi connectivity index (χ0n) is 5.85. The SMILES string of the molecule is CC(C)[C@@H]1CCC[NH2+]1. The Morgan fingerprint density at radius 3 is 2.50 bits per heavy atom. The van der Waals surface area contributed by atoms with Crippen molar-refractivity contribution in [2.24, 2.45) is 5.92 Å². The summed E-state index contributed by atoms with van der Waals surface area (Å²) in [4.78, 5) is 0. The van der Waals surface area contributed by atoms with Gasteiger partial charge in [0, 0.05) is 18.8 Å². The molecule has 0 bridgehead atoms. The van der Waals surface area contributed by atoms with Gasteiger partial charge in [0.25, 0.3) is 0 Å². The van der Waals surface area contributed by atoms with Crippen LogP contribution in [0.1, 0.15) is 26.7 Å². The van der Waals surface area contributed by atoms with Gasteiger partial charge in [-0.1, -0.05) is 13.8 Å². The monoisotopic (exact) mass is 114 g/mol. The Kier molecular flexibility index (Phi) is 1.90. The number of rotatable bonds is 1. The van der Waals surface area contributed by atoms with Crippen LogP contribution in [-0.2, 0) is 0 Å². The van der Waals surface area contributed by atoms with Gasteiger partial charge in [0.05, 0.1) is 12.6 Å². The molecular weight excluding hydrogens is 98.1 g/mol. The average Bonchev–Trinajstić information content (AvgIpc) is 2.12. The third-order valence-corrected chi connectivity index (χ3v) is 2.07. The summed E-state index contributed by atoms with van der Waals surface area (Å²) in [5.74, 6) is 0.887. The molecule has 0 unspecified atom stereocenters. The van der Waals surface area contributed by atoms with Gasteiger partial charge in [0.15, 0.2) is 0 Å². The van der Waals surface area contributed by atoms with E-state index >= 15 is 0 Å². The Balaban J connectivity index is 2.24. The highest BCUT2D eigenvalue weighted by molar-refractivity contribution is 4.62. The van der Waals surface area contributed by atoms with Crippen molar-refractivity contribution < 1.29 is 5.32 Å². The first-order valence-corrected chi connectivity index (χ1v) is 3.64. The Bertz CT molecular complexity index is 62.8. The fourth-order valence-corrected chi connectivity index (χ4v) is 1.41. The Morgan fingerprint density at radius 1 is 1.50 bits per heavy atom. The second-order valence-corrected chi connectivity index (χ2v) is 3.07. The molecule has 1 fully saturated rings. The van der Waals surface area contributed by atoms with Crippen LogP contribution < -0.4 is 5.32 Å². The molecule has 1 atom stereocenters. The van der Waals surface area contributed by atoms with E-state index in [2.05, 4.69) is 19.2 Å². The van der Waals surface area contributed by atoms with Gasteiger partial charge in [-0.15, -0.1) is 0 Å². The number of hydrogen-bond acceptors (Lipinski definition) is 0. The summed E-state index contributed by atoms with van der Waals surface area (Å²) in [7, 11) is 0. The van der Waals surface area contributed by atoms with E-state index in [1.165, 1.54) is 19.4 Å². The smallest absolute Gasteiger partial charge is 0.0884 e. The van der Waals surface area contributed by atoms with Crippen molar-refractivity contribution in [1.29, 1.82) is 0 Å². The lowest BCUT2D eigenvalue weighted by molar-refractivity contribution is -0.675. The molecule has 2 N–H and O–H groups in total. The molecule has 1 nitrogen and oxygen atoms in total. The Labute approximate surface area is 51.5 Å². The van der Waals surface area contributed by atoms with Crippen LogP contribution in [0.2, 0.25) is 0 Å². The highest BCUT2D eigenvalue weighted by Gasteiger charge is 2.20. The molecule has 1 aliphatic rings. The Morgan fingerprint density at radius 2 is 2.25 bits per heavy atom. The molecule has 0 saturated carbocycles. The fourth-order valence-electron chi connectivity index (χ4n) is 1.41. The predicted molar refractivity (Wildman–Crippen MR) is 34.7 cm³/mol. The third-order valence-electron chi connectivity index (χ3n) is 2.07. The molecule has 0 aromatic heterocycles. The van der Waals surface area contributed by atoms with E-state index in [0.717, 1.165) is 12.0 Å². The van der Waals surface area contributed by atoms with Crippen molar-refractivity contribution in [3.63, 3.8) is 0 Å². The fraction of sp³-hybridized carbons (Fsp3) is 1.00. The van der Waals surface area contributed by atoms with Crippen molar-refractivity contribution >= 4 is 0 Å². The molecule has 1 heteroatoms. The highest BCUT2D eigenvalue weighted by atomic mass is 14.9. The lowest BCUT2D eigenvalue weighted by Crippen LogP contribution is -2.87. The minimum atomic E-state index is 0.887. The normalized spacial score (nSPS) is 29.6. The lowest BCUT2D eigenvalue weighted by atomic mass is 10.0. The molecule has 0 aromatic rings. The van der Waals surface area contributed by atoms with Gasteiger partial charge in [0.2, 0.25) is 0 Å². The lowest BCUT2D eigenvalue weighted by Gasteiger charge is -2.09. The predicted octanol–water partition coefficient (Wildman–Crippen LogP) is 0.368. The summed E-state index contributed by atoms with van der Waals surface area (Å²) < 4.78 is 0. The third kappa shape index (κ3) is 1.22. The van der Waals surface area contributed by atoms with Crippen LogP contribution in [-0.4, -0.2) is 12.6 Å². The molecule has 0 aromatic carbocycles. The zero-order chi connectivity index (χ0) is 5.98. The number of hydrogen-bond donors (Lipinski definition) is 1. The van der Waals surface area contributed by atoms with Gasteiger partial charge in [0.1, 0.15) is 0 Å². The first kappa shape index (κ1) is 6.09. The molecule has 1 saturated heterocycles. The molecular formula is C7H16N+. The van der Waals surface area contributed by atoms with Crippen molar-refractivity contribution in [2.45, 2.75) is 32.7 Å². The molecule has 1 heterocycles. The van der Waals surface area contributed by atoms with Crippen LogP contribution in [0.4, 0.5) is 0 Å². The van der Waals surface area contributed by atoms with E-state index in [1.54, 1.807) is 0 Å². The number of quaternary nitrogens is 1. The topological polar surface area (TPSA) is 16.6 Å². The van der Waals surface area contributed by atoms with Crippen LogP contribution in [0.15, 0.2) is 0 Å². The first-order valence-electron chi connectivity index (χ1n) is 3.64. The Hall–Kier alpha value is -0.0400.